The molecule has 0 amide bonds. The molecule has 0 saturated carbocycles. The van der Waals surface area contributed by atoms with E-state index in [9.17, 15) is 4.39 Å². The summed E-state index contributed by atoms with van der Waals surface area (Å²) < 4.78 is 13.3. The lowest BCUT2D eigenvalue weighted by Crippen LogP contribution is -2.18. The highest BCUT2D eigenvalue weighted by atomic mass is 32.2. The molecule has 0 bridgehead atoms. The Bertz CT molecular complexity index is 647. The van der Waals surface area contributed by atoms with E-state index in [4.69, 9.17) is 5.26 Å². The largest absolute Gasteiger partial charge is 0.306 e. The number of hydrogen-bond donors (Lipinski definition) is 1. The number of hydrogen-bond acceptors (Lipinski definition) is 3. The van der Waals surface area contributed by atoms with Crippen molar-refractivity contribution in [3.63, 3.8) is 0 Å². The number of thioether (sulfide) groups is 1. The van der Waals surface area contributed by atoms with E-state index in [1.807, 2.05) is 6.07 Å². The van der Waals surface area contributed by atoms with Gasteiger partial charge in [-0.05, 0) is 48.6 Å². The first kappa shape index (κ1) is 15.6. The van der Waals surface area contributed by atoms with E-state index in [-0.39, 0.29) is 11.6 Å². The van der Waals surface area contributed by atoms with Crippen LogP contribution in [0.15, 0.2) is 47.4 Å². The molecule has 0 aromatic heterocycles. The zero-order valence-electron chi connectivity index (χ0n) is 12.1. The van der Waals surface area contributed by atoms with Crippen LogP contribution in [0, 0.1) is 17.1 Å². The Balaban J connectivity index is 2.00. The highest BCUT2D eigenvalue weighted by Crippen LogP contribution is 2.19. The van der Waals surface area contributed by atoms with Crippen LogP contribution in [0.25, 0.3) is 0 Å². The summed E-state index contributed by atoms with van der Waals surface area (Å²) in [6.45, 7) is 2.68. The molecule has 1 unspecified atom stereocenters. The predicted molar refractivity (Wildman–Crippen MR) is 84.6 cm³/mol. The smallest absolute Gasteiger partial charge is 0.140 e. The summed E-state index contributed by atoms with van der Waals surface area (Å²) >= 11 is 1.72. The maximum Gasteiger partial charge on any atom is 0.140 e. The Hall–Kier alpha value is -1.83. The number of benzene rings is 2. The SMILES string of the molecule is CSc1ccc(C(C)NCc2ccc(F)c(C#N)c2)cc1. The molecule has 1 atom stereocenters. The van der Waals surface area contributed by atoms with Crippen molar-refractivity contribution in [2.24, 2.45) is 0 Å². The molecule has 2 rings (SSSR count). The summed E-state index contributed by atoms with van der Waals surface area (Å²) in [5.41, 5.74) is 2.20. The maximum atomic E-state index is 13.3. The first-order valence-electron chi connectivity index (χ1n) is 6.70. The van der Waals surface area contributed by atoms with Crippen molar-refractivity contribution in [1.29, 1.82) is 5.26 Å². The molecule has 0 aliphatic carbocycles. The third kappa shape index (κ3) is 4.07. The molecule has 0 aliphatic rings. The number of rotatable bonds is 5. The van der Waals surface area contributed by atoms with Gasteiger partial charge in [-0.25, -0.2) is 4.39 Å². The van der Waals surface area contributed by atoms with Crippen molar-refractivity contribution < 1.29 is 4.39 Å². The Morgan fingerprint density at radius 2 is 1.95 bits per heavy atom. The highest BCUT2D eigenvalue weighted by Gasteiger charge is 2.07. The Labute approximate surface area is 129 Å². The molecule has 2 aromatic carbocycles. The first-order chi connectivity index (χ1) is 10.1. The molecule has 0 spiro atoms. The number of halogens is 1. The van der Waals surface area contributed by atoms with Crippen LogP contribution < -0.4 is 5.32 Å². The summed E-state index contributed by atoms with van der Waals surface area (Å²) in [5.74, 6) is -0.470. The molecule has 0 radical (unpaired) electrons. The minimum Gasteiger partial charge on any atom is -0.306 e. The van der Waals surface area contributed by atoms with Crippen molar-refractivity contribution in [2.45, 2.75) is 24.4 Å². The van der Waals surface area contributed by atoms with Gasteiger partial charge in [-0.3, -0.25) is 0 Å². The summed E-state index contributed by atoms with van der Waals surface area (Å²) in [4.78, 5) is 1.24. The topological polar surface area (TPSA) is 35.8 Å². The van der Waals surface area contributed by atoms with Crippen LogP contribution in [0.4, 0.5) is 4.39 Å². The van der Waals surface area contributed by atoms with Crippen LogP contribution in [0.1, 0.15) is 29.7 Å². The van der Waals surface area contributed by atoms with E-state index in [0.717, 1.165) is 5.56 Å². The third-order valence-corrected chi connectivity index (χ3v) is 4.12. The van der Waals surface area contributed by atoms with E-state index in [2.05, 4.69) is 42.8 Å². The van der Waals surface area contributed by atoms with E-state index in [1.54, 1.807) is 23.9 Å². The second-order valence-electron chi connectivity index (χ2n) is 4.80. The zero-order valence-corrected chi connectivity index (χ0v) is 12.9. The van der Waals surface area contributed by atoms with Gasteiger partial charge >= 0.3 is 0 Å². The van der Waals surface area contributed by atoms with Gasteiger partial charge in [0.1, 0.15) is 11.9 Å². The molecule has 2 aromatic rings. The van der Waals surface area contributed by atoms with E-state index in [0.29, 0.717) is 6.54 Å². The van der Waals surface area contributed by atoms with Crippen molar-refractivity contribution in [1.82, 2.24) is 5.32 Å². The average Bonchev–Trinajstić information content (AvgIpc) is 2.53. The zero-order chi connectivity index (χ0) is 15.2. The lowest BCUT2D eigenvalue weighted by atomic mass is 10.1. The molecule has 0 aliphatic heterocycles. The highest BCUT2D eigenvalue weighted by molar-refractivity contribution is 7.98. The lowest BCUT2D eigenvalue weighted by molar-refractivity contribution is 0.572. The molecule has 0 fully saturated rings. The molecule has 1 N–H and O–H groups in total. The molecular weight excluding hydrogens is 283 g/mol. The summed E-state index contributed by atoms with van der Waals surface area (Å²) in [5, 5.41) is 12.2. The Kier molecular flexibility index (Phi) is 5.38. The quantitative estimate of drug-likeness (QED) is 0.838. The fraction of sp³-hybridized carbons (Fsp3) is 0.235. The monoisotopic (exact) mass is 300 g/mol. The summed E-state index contributed by atoms with van der Waals surface area (Å²) in [7, 11) is 0. The second kappa shape index (κ2) is 7.26. The minimum atomic E-state index is -0.470. The number of nitriles is 1. The second-order valence-corrected chi connectivity index (χ2v) is 5.68. The van der Waals surface area contributed by atoms with Gasteiger partial charge in [0, 0.05) is 17.5 Å². The molecule has 0 saturated heterocycles. The normalized spacial score (nSPS) is 11.9. The van der Waals surface area contributed by atoms with Gasteiger partial charge in [-0.1, -0.05) is 18.2 Å². The van der Waals surface area contributed by atoms with Crippen molar-refractivity contribution in [3.8, 4) is 6.07 Å². The first-order valence-corrected chi connectivity index (χ1v) is 7.92. The Morgan fingerprint density at radius 1 is 1.24 bits per heavy atom. The van der Waals surface area contributed by atoms with Crippen LogP contribution in [-0.2, 0) is 6.54 Å². The van der Waals surface area contributed by atoms with Gasteiger partial charge in [0.05, 0.1) is 5.56 Å². The molecule has 2 nitrogen and oxygen atoms in total. The van der Waals surface area contributed by atoms with Gasteiger partial charge in [0.2, 0.25) is 0 Å². The van der Waals surface area contributed by atoms with E-state index in [1.165, 1.54) is 16.5 Å². The van der Waals surface area contributed by atoms with Crippen LogP contribution in [0.2, 0.25) is 0 Å². The minimum absolute atomic E-state index is 0.0891. The third-order valence-electron chi connectivity index (χ3n) is 3.38. The van der Waals surface area contributed by atoms with Gasteiger partial charge < -0.3 is 5.32 Å². The van der Waals surface area contributed by atoms with Gasteiger partial charge in [0.25, 0.3) is 0 Å². The van der Waals surface area contributed by atoms with Crippen LogP contribution in [-0.4, -0.2) is 6.26 Å². The number of nitrogens with zero attached hydrogens (tertiary/aromatic N) is 1. The average molecular weight is 300 g/mol. The van der Waals surface area contributed by atoms with Gasteiger partial charge in [0.15, 0.2) is 0 Å². The standard InChI is InChI=1S/C17H17FN2S/c1-12(14-4-6-16(21-2)7-5-14)20-11-13-3-8-17(18)15(9-13)10-19/h3-9,12,20H,11H2,1-2H3. The van der Waals surface area contributed by atoms with Crippen molar-refractivity contribution in [3.05, 3.63) is 65.0 Å². The van der Waals surface area contributed by atoms with Crippen molar-refractivity contribution >= 4 is 11.8 Å². The lowest BCUT2D eigenvalue weighted by Gasteiger charge is -2.15. The predicted octanol–water partition coefficient (Wildman–Crippen LogP) is 4.27. The van der Waals surface area contributed by atoms with Crippen LogP contribution in [0.3, 0.4) is 0 Å². The molecule has 4 heteroatoms. The number of nitrogens with one attached hydrogen (secondary N) is 1. The van der Waals surface area contributed by atoms with Gasteiger partial charge in [-0.15, -0.1) is 11.8 Å². The molecule has 0 heterocycles. The maximum absolute atomic E-state index is 13.3. The van der Waals surface area contributed by atoms with E-state index >= 15 is 0 Å². The van der Waals surface area contributed by atoms with E-state index < -0.39 is 5.82 Å². The summed E-state index contributed by atoms with van der Waals surface area (Å²) in [6.07, 6.45) is 2.05. The summed E-state index contributed by atoms with van der Waals surface area (Å²) in [6, 6.07) is 15.1. The van der Waals surface area contributed by atoms with Crippen molar-refractivity contribution in [2.75, 3.05) is 6.26 Å². The van der Waals surface area contributed by atoms with Crippen LogP contribution >= 0.6 is 11.8 Å². The van der Waals surface area contributed by atoms with Gasteiger partial charge in [-0.2, -0.15) is 5.26 Å². The molecule has 108 valence electrons. The fourth-order valence-corrected chi connectivity index (χ4v) is 2.46. The fourth-order valence-electron chi connectivity index (χ4n) is 2.05. The van der Waals surface area contributed by atoms with Crippen LogP contribution in [0.5, 0.6) is 0 Å². The molecular formula is C17H17FN2S. The Morgan fingerprint density at radius 3 is 2.57 bits per heavy atom. The molecule has 21 heavy (non-hydrogen) atoms.